The van der Waals surface area contributed by atoms with E-state index in [1.807, 2.05) is 18.0 Å². The van der Waals surface area contributed by atoms with Gasteiger partial charge in [0.25, 0.3) is 5.91 Å². The second kappa shape index (κ2) is 5.49. The number of rotatable bonds is 1. The smallest absolute Gasteiger partial charge is 0.258 e. The molecule has 0 fully saturated rings. The maximum atomic E-state index is 13.5. The van der Waals surface area contributed by atoms with Crippen LogP contribution in [0.1, 0.15) is 15.9 Å². The largest absolute Gasteiger partial charge is 0.371 e. The first-order valence-corrected chi connectivity index (χ1v) is 6.93. The topological polar surface area (TPSA) is 47.3 Å². The minimum Gasteiger partial charge on any atom is -0.371 e. The molecule has 1 aliphatic heterocycles. The van der Waals surface area contributed by atoms with Crippen LogP contribution in [0.15, 0.2) is 42.5 Å². The van der Waals surface area contributed by atoms with Crippen molar-refractivity contribution < 1.29 is 9.18 Å². The Balaban J connectivity index is 2.01. The number of carbonyl (C=O) groups is 1. The Bertz CT molecular complexity index is 782. The number of amides is 1. The zero-order valence-corrected chi connectivity index (χ0v) is 12.1. The van der Waals surface area contributed by atoms with Crippen molar-refractivity contribution in [1.29, 1.82) is 5.26 Å². The number of hydrogen-bond donors (Lipinski definition) is 0. The Morgan fingerprint density at radius 3 is 2.77 bits per heavy atom. The number of fused-ring (bicyclic) bond motifs is 1. The number of benzene rings is 2. The summed E-state index contributed by atoms with van der Waals surface area (Å²) in [6.45, 7) is 1.14. The number of hydrogen-bond acceptors (Lipinski definition) is 3. The van der Waals surface area contributed by atoms with Crippen LogP contribution in [-0.4, -0.2) is 26.0 Å². The summed E-state index contributed by atoms with van der Waals surface area (Å²) < 4.78 is 13.5. The zero-order valence-electron chi connectivity index (χ0n) is 12.1. The van der Waals surface area contributed by atoms with Gasteiger partial charge in [-0.15, -0.1) is 0 Å². The Labute approximate surface area is 128 Å². The molecule has 0 aliphatic carbocycles. The lowest BCUT2D eigenvalue weighted by molar-refractivity contribution is 0.0986. The normalized spacial score (nSPS) is 13.5. The van der Waals surface area contributed by atoms with Crippen molar-refractivity contribution in [2.24, 2.45) is 0 Å². The average molecular weight is 295 g/mol. The number of anilines is 2. The van der Waals surface area contributed by atoms with Crippen molar-refractivity contribution in [3.05, 3.63) is 59.4 Å². The number of nitrogens with zero attached hydrogens (tertiary/aromatic N) is 3. The number of halogens is 1. The van der Waals surface area contributed by atoms with Gasteiger partial charge in [-0.1, -0.05) is 6.07 Å². The Kier molecular flexibility index (Phi) is 3.51. The second-order valence-corrected chi connectivity index (χ2v) is 5.20. The number of carbonyl (C=O) groups excluding carboxylic acids is 1. The van der Waals surface area contributed by atoms with Crippen LogP contribution in [0.5, 0.6) is 0 Å². The molecule has 0 radical (unpaired) electrons. The van der Waals surface area contributed by atoms with E-state index in [4.69, 9.17) is 5.26 Å². The number of nitriles is 1. The van der Waals surface area contributed by atoms with E-state index in [0.717, 1.165) is 0 Å². The van der Waals surface area contributed by atoms with E-state index in [1.165, 1.54) is 12.1 Å². The van der Waals surface area contributed by atoms with Crippen LogP contribution >= 0.6 is 0 Å². The first-order chi connectivity index (χ1) is 10.6. The molecule has 2 aromatic rings. The minimum atomic E-state index is -0.327. The van der Waals surface area contributed by atoms with Gasteiger partial charge in [-0.25, -0.2) is 4.39 Å². The molecule has 1 amide bonds. The predicted octanol–water partition coefficient (Wildman–Crippen LogP) is 2.79. The number of likely N-dealkylation sites (N-methyl/N-ethyl adjacent to an activating group) is 1. The first-order valence-electron chi connectivity index (χ1n) is 6.93. The summed E-state index contributed by atoms with van der Waals surface area (Å²) in [4.78, 5) is 16.3. The molecule has 0 saturated heterocycles. The van der Waals surface area contributed by atoms with Gasteiger partial charge < -0.3 is 9.80 Å². The minimum absolute atomic E-state index is 0.182. The van der Waals surface area contributed by atoms with Gasteiger partial charge in [-0.2, -0.15) is 5.26 Å². The molecular weight excluding hydrogens is 281 g/mol. The van der Waals surface area contributed by atoms with Crippen LogP contribution in [0, 0.1) is 17.1 Å². The molecule has 0 bridgehead atoms. The summed E-state index contributed by atoms with van der Waals surface area (Å²) in [6.07, 6.45) is 0. The van der Waals surface area contributed by atoms with Crippen molar-refractivity contribution >= 4 is 17.3 Å². The molecule has 0 spiro atoms. The van der Waals surface area contributed by atoms with Crippen molar-refractivity contribution in [2.45, 2.75) is 0 Å². The summed E-state index contributed by atoms with van der Waals surface area (Å²) in [7, 11) is 1.87. The maximum Gasteiger partial charge on any atom is 0.258 e. The van der Waals surface area contributed by atoms with Crippen LogP contribution in [-0.2, 0) is 0 Å². The molecule has 22 heavy (non-hydrogen) atoms. The van der Waals surface area contributed by atoms with Crippen molar-refractivity contribution in [2.75, 3.05) is 29.9 Å². The summed E-state index contributed by atoms with van der Waals surface area (Å²) in [5.74, 6) is -0.510. The molecule has 2 aromatic carbocycles. The fraction of sp³-hybridized carbons (Fsp3) is 0.176. The van der Waals surface area contributed by atoms with E-state index in [2.05, 4.69) is 0 Å². The van der Waals surface area contributed by atoms with Crippen molar-refractivity contribution in [1.82, 2.24) is 0 Å². The monoisotopic (exact) mass is 295 g/mol. The second-order valence-electron chi connectivity index (χ2n) is 5.20. The summed E-state index contributed by atoms with van der Waals surface area (Å²) in [5.41, 5.74) is 2.27. The van der Waals surface area contributed by atoms with E-state index in [9.17, 15) is 9.18 Å². The van der Waals surface area contributed by atoms with E-state index >= 15 is 0 Å². The van der Waals surface area contributed by atoms with Crippen LogP contribution < -0.4 is 9.80 Å². The maximum absolute atomic E-state index is 13.5. The van der Waals surface area contributed by atoms with E-state index in [1.54, 1.807) is 35.2 Å². The van der Waals surface area contributed by atoms with Crippen molar-refractivity contribution in [3.8, 4) is 6.07 Å². The third-order valence-corrected chi connectivity index (χ3v) is 3.78. The van der Waals surface area contributed by atoms with E-state index in [-0.39, 0.29) is 11.7 Å². The van der Waals surface area contributed by atoms with Gasteiger partial charge in [0.05, 0.1) is 23.0 Å². The fourth-order valence-electron chi connectivity index (χ4n) is 2.61. The Hall–Kier alpha value is -2.87. The molecule has 1 aliphatic rings. The first kappa shape index (κ1) is 14.1. The molecule has 4 nitrogen and oxygen atoms in total. The van der Waals surface area contributed by atoms with E-state index in [0.29, 0.717) is 35.6 Å². The average Bonchev–Trinajstić information content (AvgIpc) is 2.55. The molecule has 1 heterocycles. The molecule has 0 saturated carbocycles. The molecule has 0 unspecified atom stereocenters. The predicted molar refractivity (Wildman–Crippen MR) is 82.5 cm³/mol. The van der Waals surface area contributed by atoms with Gasteiger partial charge in [0.15, 0.2) is 0 Å². The Morgan fingerprint density at radius 1 is 1.18 bits per heavy atom. The Morgan fingerprint density at radius 2 is 2.00 bits per heavy atom. The lowest BCUT2D eigenvalue weighted by atomic mass is 10.1. The van der Waals surface area contributed by atoms with Gasteiger partial charge in [0.2, 0.25) is 0 Å². The third-order valence-electron chi connectivity index (χ3n) is 3.78. The van der Waals surface area contributed by atoms with Gasteiger partial charge in [-0.3, -0.25) is 4.79 Å². The molecule has 5 heteroatoms. The van der Waals surface area contributed by atoms with Crippen LogP contribution in [0.4, 0.5) is 15.8 Å². The highest BCUT2D eigenvalue weighted by atomic mass is 19.1. The van der Waals surface area contributed by atoms with Crippen molar-refractivity contribution in [3.63, 3.8) is 0 Å². The summed E-state index contributed by atoms with van der Waals surface area (Å²) >= 11 is 0. The fourth-order valence-corrected chi connectivity index (χ4v) is 2.61. The highest BCUT2D eigenvalue weighted by Crippen LogP contribution is 2.33. The summed E-state index contributed by atoms with van der Waals surface area (Å²) in [6, 6.07) is 13.0. The molecule has 3 rings (SSSR count). The molecule has 0 aromatic heterocycles. The van der Waals surface area contributed by atoms with Gasteiger partial charge in [0, 0.05) is 25.7 Å². The van der Waals surface area contributed by atoms with Crippen LogP contribution in [0.3, 0.4) is 0 Å². The standard InChI is InChI=1S/C17H14FN3O/c1-20-7-8-21(15-6-5-14(18)10-16(15)20)17(22)13-4-2-3-12(9-13)11-19/h2-6,9-10H,7-8H2,1H3. The van der Waals surface area contributed by atoms with Gasteiger partial charge >= 0.3 is 0 Å². The van der Waals surface area contributed by atoms with Gasteiger partial charge in [0.1, 0.15) is 5.82 Å². The van der Waals surface area contributed by atoms with Crippen LogP contribution in [0.2, 0.25) is 0 Å². The lowest BCUT2D eigenvalue weighted by Gasteiger charge is -2.35. The van der Waals surface area contributed by atoms with E-state index < -0.39 is 0 Å². The highest BCUT2D eigenvalue weighted by molar-refractivity contribution is 6.08. The SMILES string of the molecule is CN1CCN(C(=O)c2cccc(C#N)c2)c2ccc(F)cc21. The van der Waals surface area contributed by atoms with Crippen LogP contribution in [0.25, 0.3) is 0 Å². The molecule has 110 valence electrons. The molecular formula is C17H14FN3O. The molecule has 0 atom stereocenters. The highest BCUT2D eigenvalue weighted by Gasteiger charge is 2.26. The third kappa shape index (κ3) is 2.40. The quantitative estimate of drug-likeness (QED) is 0.812. The zero-order chi connectivity index (χ0) is 15.7. The van der Waals surface area contributed by atoms with Gasteiger partial charge in [-0.05, 0) is 36.4 Å². The lowest BCUT2D eigenvalue weighted by Crippen LogP contribution is -2.42. The molecule has 0 N–H and O–H groups in total. The summed E-state index contributed by atoms with van der Waals surface area (Å²) in [5, 5.41) is 8.95.